The number of hydrogen-bond donors (Lipinski definition) is 0. The lowest BCUT2D eigenvalue weighted by Gasteiger charge is -2.20. The van der Waals surface area contributed by atoms with E-state index in [2.05, 4.69) is 30.3 Å². The molecule has 0 unspecified atom stereocenters. The van der Waals surface area contributed by atoms with Crippen LogP contribution in [0, 0.1) is 6.92 Å². The number of aromatic nitrogens is 3. The molecule has 0 radical (unpaired) electrons. The molecule has 3 aromatic rings. The Bertz CT molecular complexity index is 876. The number of hydrogen-bond acceptors (Lipinski definition) is 8. The molecule has 0 bridgehead atoms. The van der Waals surface area contributed by atoms with Crippen LogP contribution in [0.2, 0.25) is 0 Å². The minimum atomic E-state index is 0.613. The minimum absolute atomic E-state index is 0.613. The van der Waals surface area contributed by atoms with Gasteiger partial charge in [0.15, 0.2) is 5.13 Å². The Hall–Kier alpha value is -2.45. The molecule has 1 saturated heterocycles. The lowest BCUT2D eigenvalue weighted by atomic mass is 10.2. The van der Waals surface area contributed by atoms with Gasteiger partial charge in [-0.15, -0.1) is 11.3 Å². The van der Waals surface area contributed by atoms with E-state index < -0.39 is 0 Å². The fraction of sp³-hybridized carbons (Fsp3) is 0.421. The maximum Gasteiger partial charge on any atom is 0.241 e. The Morgan fingerprint density at radius 3 is 2.70 bits per heavy atom. The summed E-state index contributed by atoms with van der Waals surface area (Å²) in [5.74, 6) is 2.08. The van der Waals surface area contributed by atoms with Gasteiger partial charge in [-0.2, -0.15) is 4.98 Å². The van der Waals surface area contributed by atoms with Crippen molar-refractivity contribution < 1.29 is 9.26 Å². The molecule has 0 saturated carbocycles. The molecule has 27 heavy (non-hydrogen) atoms. The first-order valence-corrected chi connectivity index (χ1v) is 9.95. The van der Waals surface area contributed by atoms with E-state index in [4.69, 9.17) is 9.26 Å². The second-order valence-electron chi connectivity index (χ2n) is 6.63. The third kappa shape index (κ3) is 4.28. The molecule has 142 valence electrons. The molecule has 4 rings (SSSR count). The van der Waals surface area contributed by atoms with Crippen molar-refractivity contribution >= 4 is 16.5 Å². The predicted molar refractivity (Wildman–Crippen MR) is 105 cm³/mol. The molecule has 1 aliphatic heterocycles. The molecule has 1 aromatic carbocycles. The summed E-state index contributed by atoms with van der Waals surface area (Å²) >= 11 is 1.72. The van der Waals surface area contributed by atoms with Crippen molar-refractivity contribution in [3.05, 3.63) is 41.2 Å². The first kappa shape index (κ1) is 17.9. The molecule has 0 aliphatic carbocycles. The van der Waals surface area contributed by atoms with Crippen LogP contribution in [-0.2, 0) is 6.54 Å². The van der Waals surface area contributed by atoms with Gasteiger partial charge in [0.05, 0.1) is 19.3 Å². The van der Waals surface area contributed by atoms with Gasteiger partial charge < -0.3 is 14.2 Å². The molecule has 7 nitrogen and oxygen atoms in total. The van der Waals surface area contributed by atoms with E-state index in [1.54, 1.807) is 18.4 Å². The molecular weight excluding hydrogens is 362 g/mol. The molecule has 1 fully saturated rings. The monoisotopic (exact) mass is 385 g/mol. The largest absolute Gasteiger partial charge is 0.497 e. The average Bonchev–Trinajstić information content (AvgIpc) is 3.27. The van der Waals surface area contributed by atoms with Gasteiger partial charge in [-0.25, -0.2) is 4.98 Å². The van der Waals surface area contributed by atoms with Crippen molar-refractivity contribution in [2.24, 2.45) is 0 Å². The number of benzene rings is 1. The number of aryl methyl sites for hydroxylation is 1. The number of anilines is 1. The van der Waals surface area contributed by atoms with Crippen LogP contribution in [0.3, 0.4) is 0 Å². The summed E-state index contributed by atoms with van der Waals surface area (Å²) in [6.07, 6.45) is 1.10. The molecule has 0 atom stereocenters. The number of rotatable bonds is 5. The fourth-order valence-corrected chi connectivity index (χ4v) is 4.03. The van der Waals surface area contributed by atoms with Gasteiger partial charge in [-0.05, 0) is 37.6 Å². The summed E-state index contributed by atoms with van der Waals surface area (Å²) in [4.78, 5) is 13.9. The number of ether oxygens (including phenoxy) is 1. The van der Waals surface area contributed by atoms with Crippen LogP contribution in [0.5, 0.6) is 5.75 Å². The molecule has 0 amide bonds. The number of nitrogens with zero attached hydrogens (tertiary/aromatic N) is 5. The first-order chi connectivity index (χ1) is 13.2. The van der Waals surface area contributed by atoms with Gasteiger partial charge in [0.25, 0.3) is 0 Å². The van der Waals surface area contributed by atoms with Crippen molar-refractivity contribution in [1.29, 1.82) is 0 Å². The van der Waals surface area contributed by atoms with Crippen LogP contribution >= 0.6 is 11.3 Å². The summed E-state index contributed by atoms with van der Waals surface area (Å²) in [6.45, 7) is 6.69. The Balaban J connectivity index is 1.37. The highest BCUT2D eigenvalue weighted by Crippen LogP contribution is 2.23. The molecule has 1 aliphatic rings. The number of thiazole rings is 1. The maximum absolute atomic E-state index is 5.48. The van der Waals surface area contributed by atoms with Gasteiger partial charge in [-0.3, -0.25) is 4.90 Å². The zero-order chi connectivity index (χ0) is 18.6. The van der Waals surface area contributed by atoms with Gasteiger partial charge in [0.2, 0.25) is 11.7 Å². The highest BCUT2D eigenvalue weighted by Gasteiger charge is 2.19. The van der Waals surface area contributed by atoms with Crippen molar-refractivity contribution in [2.45, 2.75) is 19.9 Å². The summed E-state index contributed by atoms with van der Waals surface area (Å²) in [7, 11) is 1.65. The van der Waals surface area contributed by atoms with E-state index >= 15 is 0 Å². The van der Waals surface area contributed by atoms with Crippen LogP contribution in [0.4, 0.5) is 5.13 Å². The molecule has 0 N–H and O–H groups in total. The van der Waals surface area contributed by atoms with Crippen LogP contribution in [0.1, 0.15) is 18.0 Å². The van der Waals surface area contributed by atoms with Gasteiger partial charge in [-0.1, -0.05) is 5.16 Å². The van der Waals surface area contributed by atoms with Gasteiger partial charge in [0, 0.05) is 37.1 Å². The molecular formula is C19H23N5O2S. The number of methoxy groups -OCH3 is 1. The van der Waals surface area contributed by atoms with Gasteiger partial charge >= 0.3 is 0 Å². The minimum Gasteiger partial charge on any atom is -0.497 e. The zero-order valence-corrected chi connectivity index (χ0v) is 16.4. The van der Waals surface area contributed by atoms with Crippen molar-refractivity contribution in [3.8, 4) is 17.1 Å². The summed E-state index contributed by atoms with van der Waals surface area (Å²) in [6, 6.07) is 7.67. The zero-order valence-electron chi connectivity index (χ0n) is 15.6. The Morgan fingerprint density at radius 2 is 1.96 bits per heavy atom. The van der Waals surface area contributed by atoms with E-state index in [0.717, 1.165) is 54.7 Å². The van der Waals surface area contributed by atoms with Gasteiger partial charge in [0.1, 0.15) is 5.75 Å². The van der Waals surface area contributed by atoms with Crippen molar-refractivity contribution in [1.82, 2.24) is 20.0 Å². The average molecular weight is 385 g/mol. The van der Waals surface area contributed by atoms with E-state index in [9.17, 15) is 0 Å². The van der Waals surface area contributed by atoms with E-state index in [1.165, 1.54) is 0 Å². The maximum atomic E-state index is 5.48. The second kappa shape index (κ2) is 8.06. The topological polar surface area (TPSA) is 67.5 Å². The third-order valence-corrected chi connectivity index (χ3v) is 5.66. The van der Waals surface area contributed by atoms with Crippen molar-refractivity contribution in [2.75, 3.05) is 38.2 Å². The Kier molecular flexibility index (Phi) is 5.35. The first-order valence-electron chi connectivity index (χ1n) is 9.08. The smallest absolute Gasteiger partial charge is 0.241 e. The summed E-state index contributed by atoms with van der Waals surface area (Å²) in [5.41, 5.74) is 2.01. The fourth-order valence-electron chi connectivity index (χ4n) is 3.17. The Morgan fingerprint density at radius 1 is 1.11 bits per heavy atom. The van der Waals surface area contributed by atoms with Crippen LogP contribution in [0.25, 0.3) is 11.4 Å². The van der Waals surface area contributed by atoms with Crippen molar-refractivity contribution in [3.63, 3.8) is 0 Å². The molecule has 8 heteroatoms. The highest BCUT2D eigenvalue weighted by molar-refractivity contribution is 7.13. The van der Waals surface area contributed by atoms with E-state index in [-0.39, 0.29) is 0 Å². The standard InChI is InChI=1S/C19H23N5O2S/c1-14-13-27-19(20-14)24-9-3-8-23(10-11-24)12-17-21-18(22-26-17)15-4-6-16(25-2)7-5-15/h4-7,13H,3,8-12H2,1-2H3. The van der Waals surface area contributed by atoms with Crippen LogP contribution in [0.15, 0.2) is 34.2 Å². The summed E-state index contributed by atoms with van der Waals surface area (Å²) in [5, 5.41) is 7.35. The predicted octanol–water partition coefficient (Wildman–Crippen LogP) is 3.22. The second-order valence-corrected chi connectivity index (χ2v) is 7.46. The summed E-state index contributed by atoms with van der Waals surface area (Å²) < 4.78 is 10.7. The molecule has 2 aromatic heterocycles. The van der Waals surface area contributed by atoms with Crippen LogP contribution in [-0.4, -0.2) is 53.3 Å². The SMILES string of the molecule is COc1ccc(-c2noc(CN3CCCN(c4nc(C)cs4)CC3)n2)cc1. The lowest BCUT2D eigenvalue weighted by Crippen LogP contribution is -2.30. The third-order valence-electron chi connectivity index (χ3n) is 4.64. The van der Waals surface area contributed by atoms with E-state index in [0.29, 0.717) is 18.3 Å². The molecule has 3 heterocycles. The lowest BCUT2D eigenvalue weighted by molar-refractivity contribution is 0.239. The Labute approximate surface area is 162 Å². The highest BCUT2D eigenvalue weighted by atomic mass is 32.1. The van der Waals surface area contributed by atoms with E-state index in [1.807, 2.05) is 31.2 Å². The quantitative estimate of drug-likeness (QED) is 0.668. The normalized spacial score (nSPS) is 15.7. The van der Waals surface area contributed by atoms with Crippen LogP contribution < -0.4 is 9.64 Å². The molecule has 0 spiro atoms.